The summed E-state index contributed by atoms with van der Waals surface area (Å²) in [6, 6.07) is 13.4. The second-order valence-corrected chi connectivity index (χ2v) is 10.9. The van der Waals surface area contributed by atoms with Gasteiger partial charge in [0.2, 0.25) is 10.0 Å². The molecule has 202 valence electrons. The molecule has 1 aliphatic rings. The molecule has 0 unspecified atom stereocenters. The second-order valence-electron chi connectivity index (χ2n) is 8.78. The Labute approximate surface area is 219 Å². The van der Waals surface area contributed by atoms with Crippen molar-refractivity contribution in [3.8, 4) is 0 Å². The highest BCUT2D eigenvalue weighted by molar-refractivity contribution is 7.94. The summed E-state index contributed by atoms with van der Waals surface area (Å²) in [7, 11) is -4.17. The predicted molar refractivity (Wildman–Crippen MR) is 140 cm³/mol. The fourth-order valence-corrected chi connectivity index (χ4v) is 5.45. The van der Waals surface area contributed by atoms with Crippen molar-refractivity contribution in [2.75, 3.05) is 16.6 Å². The molecule has 0 bridgehead atoms. The number of nitrogens with one attached hydrogen (secondary N) is 2. The maximum Gasteiger partial charge on any atom is 0.240 e. The molecule has 2 N–H and O–H groups in total. The molecule has 11 heteroatoms. The first-order chi connectivity index (χ1) is 18.2. The number of aryl methyl sites for hydroxylation is 1. The summed E-state index contributed by atoms with van der Waals surface area (Å²) in [4.78, 5) is 3.66. The van der Waals surface area contributed by atoms with E-state index in [1.165, 1.54) is 12.1 Å². The number of fused-ring (bicyclic) bond motifs is 1. The molecule has 3 aromatic carbocycles. The standard InChI is InChI=1S/C25H22F3N3O4S.C2H6/c1-15-7-8-18(17(26)11-15)30-21-19(27)20(28)22-24(35-14-29-22)23(21)31-36(32,33)25(9-10-25)13-34-12-16-5-3-2-4-6-16;1-2/h2-8,11,14,30-31H,9-10,12-13H2,1H3;1-2H3. The fourth-order valence-electron chi connectivity index (χ4n) is 3.89. The molecule has 1 saturated carbocycles. The molecule has 0 aliphatic heterocycles. The average Bonchev–Trinajstić information content (AvgIpc) is 3.55. The maximum atomic E-state index is 15.1. The van der Waals surface area contributed by atoms with Gasteiger partial charge in [0.15, 0.2) is 29.1 Å². The third kappa shape index (κ3) is 5.34. The lowest BCUT2D eigenvalue weighted by Crippen LogP contribution is -2.34. The number of rotatable bonds is 9. The molecular weight excluding hydrogens is 519 g/mol. The Morgan fingerprint density at radius 3 is 2.39 bits per heavy atom. The first kappa shape index (κ1) is 27.5. The van der Waals surface area contributed by atoms with E-state index in [1.807, 2.05) is 44.2 Å². The van der Waals surface area contributed by atoms with Crippen molar-refractivity contribution in [1.29, 1.82) is 0 Å². The van der Waals surface area contributed by atoms with Crippen molar-refractivity contribution in [3.63, 3.8) is 0 Å². The number of nitrogens with zero attached hydrogens (tertiary/aromatic N) is 1. The molecular formula is C27H28F3N3O4S. The summed E-state index contributed by atoms with van der Waals surface area (Å²) in [6.45, 7) is 5.78. The average molecular weight is 548 g/mol. The van der Waals surface area contributed by atoms with Gasteiger partial charge in [0, 0.05) is 0 Å². The number of halogens is 3. The topological polar surface area (TPSA) is 93.5 Å². The van der Waals surface area contributed by atoms with Crippen LogP contribution in [0.2, 0.25) is 0 Å². The molecule has 1 aromatic heterocycles. The number of hydrogen-bond acceptors (Lipinski definition) is 6. The molecule has 1 fully saturated rings. The van der Waals surface area contributed by atoms with Crippen LogP contribution in [0.1, 0.15) is 37.8 Å². The lowest BCUT2D eigenvalue weighted by molar-refractivity contribution is 0.116. The second kappa shape index (κ2) is 11.0. The molecule has 5 rings (SSSR count). The van der Waals surface area contributed by atoms with Gasteiger partial charge in [0.1, 0.15) is 21.9 Å². The summed E-state index contributed by atoms with van der Waals surface area (Å²) in [5.41, 5.74) is -0.527. The van der Waals surface area contributed by atoms with Crippen LogP contribution in [0.15, 0.2) is 59.3 Å². The Bertz CT molecular complexity index is 1540. The van der Waals surface area contributed by atoms with E-state index < -0.39 is 49.1 Å². The minimum Gasteiger partial charge on any atom is -0.441 e. The third-order valence-corrected chi connectivity index (χ3v) is 8.28. The lowest BCUT2D eigenvalue weighted by atomic mass is 10.2. The lowest BCUT2D eigenvalue weighted by Gasteiger charge is -2.21. The summed E-state index contributed by atoms with van der Waals surface area (Å²) in [6.07, 6.45) is 1.50. The molecule has 0 atom stereocenters. The summed E-state index contributed by atoms with van der Waals surface area (Å²) < 4.78 is 83.2. The molecule has 4 aromatic rings. The van der Waals surface area contributed by atoms with Crippen molar-refractivity contribution in [2.24, 2.45) is 0 Å². The van der Waals surface area contributed by atoms with E-state index in [4.69, 9.17) is 9.15 Å². The summed E-state index contributed by atoms with van der Waals surface area (Å²) >= 11 is 0. The molecule has 0 amide bonds. The number of hydrogen-bond donors (Lipinski definition) is 2. The molecule has 0 spiro atoms. The van der Waals surface area contributed by atoms with Crippen LogP contribution in [-0.2, 0) is 21.4 Å². The highest BCUT2D eigenvalue weighted by atomic mass is 32.2. The van der Waals surface area contributed by atoms with E-state index >= 15 is 4.39 Å². The van der Waals surface area contributed by atoms with Crippen LogP contribution in [0.25, 0.3) is 11.1 Å². The van der Waals surface area contributed by atoms with E-state index in [-0.39, 0.29) is 24.5 Å². The quantitative estimate of drug-likeness (QED) is 0.239. The van der Waals surface area contributed by atoms with Crippen LogP contribution in [0.5, 0.6) is 0 Å². The molecule has 1 aliphatic carbocycles. The van der Waals surface area contributed by atoms with Crippen molar-refractivity contribution < 1.29 is 30.7 Å². The number of anilines is 3. The Morgan fingerprint density at radius 2 is 1.74 bits per heavy atom. The number of sulfonamides is 1. The van der Waals surface area contributed by atoms with Crippen LogP contribution < -0.4 is 10.0 Å². The van der Waals surface area contributed by atoms with Gasteiger partial charge in [0.05, 0.1) is 18.9 Å². The van der Waals surface area contributed by atoms with Crippen LogP contribution in [-0.4, -0.2) is 24.8 Å². The van der Waals surface area contributed by atoms with E-state index in [0.29, 0.717) is 18.4 Å². The minimum absolute atomic E-state index is 0.101. The van der Waals surface area contributed by atoms with Gasteiger partial charge in [-0.05, 0) is 43.0 Å². The van der Waals surface area contributed by atoms with Crippen molar-refractivity contribution in [2.45, 2.75) is 45.0 Å². The zero-order valence-electron chi connectivity index (χ0n) is 21.1. The predicted octanol–water partition coefficient (Wildman–Crippen LogP) is 6.81. The van der Waals surface area contributed by atoms with Gasteiger partial charge in [-0.3, -0.25) is 4.72 Å². The van der Waals surface area contributed by atoms with Crippen molar-refractivity contribution >= 4 is 38.2 Å². The summed E-state index contributed by atoms with van der Waals surface area (Å²) in [5, 5.41) is 2.48. The fraction of sp³-hybridized carbons (Fsp3) is 0.296. The number of benzene rings is 3. The SMILES string of the molecule is CC.Cc1ccc(Nc2c(F)c(F)c3ncoc3c2NS(=O)(=O)C2(COCc3ccccc3)CC2)c(F)c1. The van der Waals surface area contributed by atoms with Gasteiger partial charge >= 0.3 is 0 Å². The van der Waals surface area contributed by atoms with Crippen molar-refractivity contribution in [1.82, 2.24) is 4.98 Å². The van der Waals surface area contributed by atoms with Gasteiger partial charge < -0.3 is 14.5 Å². The number of aromatic nitrogens is 1. The Morgan fingerprint density at radius 1 is 1.03 bits per heavy atom. The molecule has 0 radical (unpaired) electrons. The van der Waals surface area contributed by atoms with E-state index in [0.717, 1.165) is 12.0 Å². The van der Waals surface area contributed by atoms with Gasteiger partial charge in [-0.1, -0.05) is 50.2 Å². The van der Waals surface area contributed by atoms with Gasteiger partial charge in [-0.15, -0.1) is 0 Å². The first-order valence-electron chi connectivity index (χ1n) is 12.1. The van der Waals surface area contributed by atoms with Gasteiger partial charge in [-0.25, -0.2) is 26.6 Å². The highest BCUT2D eigenvalue weighted by Crippen LogP contribution is 2.47. The third-order valence-electron chi connectivity index (χ3n) is 6.14. The first-order valence-corrected chi connectivity index (χ1v) is 13.6. The van der Waals surface area contributed by atoms with Crippen LogP contribution >= 0.6 is 0 Å². The van der Waals surface area contributed by atoms with E-state index in [2.05, 4.69) is 15.0 Å². The zero-order valence-corrected chi connectivity index (χ0v) is 22.0. The monoisotopic (exact) mass is 547 g/mol. The maximum absolute atomic E-state index is 15.1. The molecule has 0 saturated heterocycles. The summed E-state index contributed by atoms with van der Waals surface area (Å²) in [5.74, 6) is -3.52. The van der Waals surface area contributed by atoms with Crippen LogP contribution in [0.4, 0.5) is 30.2 Å². The van der Waals surface area contributed by atoms with Crippen LogP contribution in [0.3, 0.4) is 0 Å². The van der Waals surface area contributed by atoms with E-state index in [9.17, 15) is 17.2 Å². The highest BCUT2D eigenvalue weighted by Gasteiger charge is 2.55. The molecule has 1 heterocycles. The molecule has 7 nitrogen and oxygen atoms in total. The Kier molecular flexibility index (Phi) is 7.98. The normalized spacial score (nSPS) is 14.1. The smallest absolute Gasteiger partial charge is 0.240 e. The largest absolute Gasteiger partial charge is 0.441 e. The van der Waals surface area contributed by atoms with E-state index in [1.54, 1.807) is 13.0 Å². The number of ether oxygens (including phenoxy) is 1. The van der Waals surface area contributed by atoms with Gasteiger partial charge in [0.25, 0.3) is 0 Å². The number of oxazole rings is 1. The van der Waals surface area contributed by atoms with Gasteiger partial charge in [-0.2, -0.15) is 0 Å². The molecule has 38 heavy (non-hydrogen) atoms. The Balaban J connectivity index is 0.00000164. The zero-order chi connectivity index (χ0) is 27.5. The Hall–Kier alpha value is -3.57. The van der Waals surface area contributed by atoms with Crippen molar-refractivity contribution in [3.05, 3.63) is 83.5 Å². The minimum atomic E-state index is -4.17. The van der Waals surface area contributed by atoms with Crippen LogP contribution in [0, 0.1) is 24.4 Å².